The second kappa shape index (κ2) is 36.7. The van der Waals surface area contributed by atoms with E-state index in [9.17, 15) is 30.6 Å². The number of ether oxygens (including phenoxy) is 12. The van der Waals surface area contributed by atoms with Crippen LogP contribution in [0.4, 0.5) is 0 Å². The lowest BCUT2D eigenvalue weighted by Crippen LogP contribution is -2.35. The molecule has 9 aliphatic heterocycles. The number of rotatable bonds is 16. The van der Waals surface area contributed by atoms with Crippen molar-refractivity contribution in [3.63, 3.8) is 0 Å². The highest BCUT2D eigenvalue weighted by molar-refractivity contribution is 6.34. The third kappa shape index (κ3) is 17.7. The zero-order valence-electron chi connectivity index (χ0n) is 71.2. The molecule has 0 amide bonds. The molecule has 20 atom stereocenters. The third-order valence-electron chi connectivity index (χ3n) is 25.0. The summed E-state index contributed by atoms with van der Waals surface area (Å²) in [6.07, 6.45) is 7.29. The highest BCUT2D eigenvalue weighted by Gasteiger charge is 2.62. The zero-order chi connectivity index (χ0) is 88.8. The summed E-state index contributed by atoms with van der Waals surface area (Å²) in [5.74, 6) is -2.37. The Kier molecular flexibility index (Phi) is 25.9. The number of aliphatic hydroxyl groups excluding tert-OH is 6. The van der Waals surface area contributed by atoms with Crippen LogP contribution >= 0.6 is 58.0 Å². The molecule has 17 heterocycles. The van der Waals surface area contributed by atoms with Crippen molar-refractivity contribution in [3.05, 3.63) is 234 Å². The number of fused-ring (bicyclic) bond motifs is 9. The van der Waals surface area contributed by atoms with E-state index in [0.29, 0.717) is 86.9 Å². The Labute approximate surface area is 757 Å². The van der Waals surface area contributed by atoms with Crippen molar-refractivity contribution in [2.45, 2.75) is 254 Å². The Morgan fingerprint density at radius 2 is 0.748 bits per heavy atom. The first kappa shape index (κ1) is 89.7. The Bertz CT molecular complexity index is 5820. The molecule has 4 aromatic carbocycles. The predicted molar refractivity (Wildman–Crippen MR) is 469 cm³/mol. The van der Waals surface area contributed by atoms with Gasteiger partial charge in [0.05, 0.1) is 22.5 Å². The van der Waals surface area contributed by atoms with Gasteiger partial charge in [-0.1, -0.05) is 82.3 Å². The maximum Gasteiger partial charge on any atom is 0.164 e. The van der Waals surface area contributed by atoms with E-state index in [2.05, 4.69) is 45.9 Å². The number of aromatic nitrogens is 12. The molecule has 0 bridgehead atoms. The summed E-state index contributed by atoms with van der Waals surface area (Å²) >= 11 is 31.1. The van der Waals surface area contributed by atoms with E-state index in [1.165, 1.54) is 24.5 Å². The molecule has 6 N–H and O–H groups in total. The van der Waals surface area contributed by atoms with Gasteiger partial charge in [-0.25, -0.2) is 39.9 Å². The van der Waals surface area contributed by atoms with Gasteiger partial charge in [-0.2, -0.15) is 0 Å². The van der Waals surface area contributed by atoms with E-state index in [0.717, 1.165) is 103 Å². The second-order valence-electron chi connectivity index (χ2n) is 34.7. The minimum absolute atomic E-state index is 0.0466. The van der Waals surface area contributed by atoms with E-state index in [-0.39, 0.29) is 43.9 Å². The van der Waals surface area contributed by atoms with Gasteiger partial charge in [0.15, 0.2) is 42.3 Å². The molecular formula is C92H101Cl5N12O18. The lowest BCUT2D eigenvalue weighted by Gasteiger charge is -2.29. The fourth-order valence-corrected chi connectivity index (χ4v) is 20.3. The van der Waals surface area contributed by atoms with Gasteiger partial charge >= 0.3 is 0 Å². The molecule has 8 aromatic heterocycles. The number of aliphatic hydroxyl groups is 6. The van der Waals surface area contributed by atoms with Crippen molar-refractivity contribution < 1.29 is 87.5 Å². The van der Waals surface area contributed by atoms with Crippen LogP contribution in [-0.2, 0) is 82.5 Å². The zero-order valence-corrected chi connectivity index (χ0v) is 75.0. The van der Waals surface area contributed by atoms with Crippen LogP contribution in [0.25, 0.3) is 44.1 Å². The molecule has 9 aliphatic rings. The first-order valence-electron chi connectivity index (χ1n) is 42.8. The summed E-state index contributed by atoms with van der Waals surface area (Å²) in [6, 6.07) is 30.1. The van der Waals surface area contributed by atoms with Crippen molar-refractivity contribution in [3.8, 4) is 0 Å². The normalized spacial score (nSPS) is 28.9. The van der Waals surface area contributed by atoms with Gasteiger partial charge in [-0.3, -0.25) is 0 Å². The molecule has 0 spiro atoms. The molecule has 7 fully saturated rings. The smallest absolute Gasteiger partial charge is 0.164 e. The number of halogens is 5. The quantitative estimate of drug-likeness (QED) is 0.0489. The Hall–Kier alpha value is -7.91. The van der Waals surface area contributed by atoms with Crippen molar-refractivity contribution in [2.24, 2.45) is 0 Å². The van der Waals surface area contributed by atoms with Gasteiger partial charge in [-0.15, -0.1) is 0 Å². The maximum atomic E-state index is 11.5. The fourth-order valence-electron chi connectivity index (χ4n) is 19.3. The van der Waals surface area contributed by atoms with E-state index < -0.39 is 109 Å². The molecule has 0 unspecified atom stereocenters. The van der Waals surface area contributed by atoms with E-state index >= 15 is 0 Å². The fraction of sp³-hybridized carbons (Fsp3) is 0.478. The first-order chi connectivity index (χ1) is 61.0. The van der Waals surface area contributed by atoms with Crippen LogP contribution in [0.2, 0.25) is 25.2 Å². The standard InChI is InChI=1S/C24H28ClN3O5.C24H26ClN3O4.C23H25Cl2N3O5.C21H22ClN3O4/c1-13-16-8-9-28(22(16)27-12-26-13)23-21-20(32-24(2,3)33-21)19(31-23)18(30)17-7-6-15(25)11-14(17)5-4-10-29;1-13-16-8-9-28(22(16)27-12-26-13)23-21-20(31-24(2,3)32-21)19(30-23)18-17-7-6-15(25)11-14(17)5-4-10-29-18;1-23(2)32-18-17(16(30)14-6-5-13(24)10-12(14)4-3-9-29)31-22(19(18)33-23)28-8-7-15-20(25)26-11-27-21(15)28;1-11-14-6-7-25(20(14)24-10-23-11)21-17(27)16(26)19(29-21)18-15-5-4-13(22)9-12(15)3-2-8-28-18/h6-9,11-12,18-21,23,29-30H,4-5,10H2,1-3H3;6-9,11-12,18-21,23H,4-5,10H2,1-3H3;5-8,10-11,16-19,22,29-30H,3-4,9H2,1-2H3;4-7,9-10,16-19,21,26-27H,2-3,8H2,1H3/t2*18-,19-,20-,21-,23-;16-,17-,18-,19-,22-;16-,17+,18+,19-,21+/m1110/s1. The Morgan fingerprint density at radius 1 is 0.394 bits per heavy atom. The number of benzene rings is 4. The summed E-state index contributed by atoms with van der Waals surface area (Å²) in [6.45, 7) is 18.4. The van der Waals surface area contributed by atoms with Gasteiger partial charge < -0.3 is 106 Å². The summed E-state index contributed by atoms with van der Waals surface area (Å²) in [7, 11) is 0. The number of nitrogens with zero attached hydrogens (tertiary/aromatic N) is 12. The molecule has 7 saturated heterocycles. The topological polar surface area (TPSA) is 355 Å². The second-order valence-corrected chi connectivity index (χ2v) is 36.8. The molecule has 0 radical (unpaired) electrons. The van der Waals surface area contributed by atoms with Crippen LogP contribution in [0.5, 0.6) is 0 Å². The molecule has 672 valence electrons. The average molecular weight is 1840 g/mol. The van der Waals surface area contributed by atoms with Gasteiger partial charge in [0.2, 0.25) is 0 Å². The van der Waals surface area contributed by atoms with Gasteiger partial charge in [0.1, 0.15) is 151 Å². The molecule has 0 saturated carbocycles. The Balaban J connectivity index is 0.000000115. The van der Waals surface area contributed by atoms with Crippen molar-refractivity contribution >= 4 is 102 Å². The SMILES string of the molecule is CC1(C)O[C@H]2[C@@H](O1)[C@H](n1ccc3c(Cl)ncnc31)O[C@@H]2[C@H](O)c1ccc(Cl)cc1CCCO.Cc1ncnc2c1ccn2[C@@H]1O[C@H]([C@@H]2OCCCc3cc(Cl)ccc32)[C@@H](O)[C@H]1O.Cc1ncnc2c1ccn2[C@@H]1O[C@H]([C@@H]2OCCCc3cc(Cl)ccc32)[C@H]2OC(C)(C)O[C@H]21.Cc1ncnc2c1ccn2[C@@H]1O[C@H]([C@H](O)c2ccc(Cl)cc2CCCO)[C@H]2OC(C)(C)O[C@H]21. The van der Waals surface area contributed by atoms with E-state index in [1.54, 1.807) is 35.3 Å². The van der Waals surface area contributed by atoms with Gasteiger partial charge in [0, 0.05) is 87.5 Å². The lowest BCUT2D eigenvalue weighted by molar-refractivity contribution is -0.211. The molecule has 12 aromatic rings. The van der Waals surface area contributed by atoms with Crippen molar-refractivity contribution in [1.82, 2.24) is 58.1 Å². The van der Waals surface area contributed by atoms with Crippen LogP contribution < -0.4 is 0 Å². The predicted octanol–water partition coefficient (Wildman–Crippen LogP) is 14.5. The monoisotopic (exact) mass is 1840 g/mol. The summed E-state index contributed by atoms with van der Waals surface area (Å²) < 4.78 is 83.3. The van der Waals surface area contributed by atoms with E-state index in [1.807, 2.05) is 167 Å². The third-order valence-corrected chi connectivity index (χ3v) is 26.3. The molecule has 35 heteroatoms. The van der Waals surface area contributed by atoms with Crippen molar-refractivity contribution in [1.29, 1.82) is 0 Å². The summed E-state index contributed by atoms with van der Waals surface area (Å²) in [5.41, 5.74) is 13.0. The summed E-state index contributed by atoms with van der Waals surface area (Å²) in [5, 5.41) is 69.6. The van der Waals surface area contributed by atoms with Crippen LogP contribution in [0.1, 0.15) is 178 Å². The van der Waals surface area contributed by atoms with Gasteiger partial charge in [0.25, 0.3) is 0 Å². The van der Waals surface area contributed by atoms with Gasteiger partial charge in [-0.05, 0) is 231 Å². The Morgan fingerprint density at radius 3 is 1.19 bits per heavy atom. The number of hydrogen-bond acceptors (Lipinski definition) is 26. The molecular weight excluding hydrogens is 1740 g/mol. The minimum atomic E-state index is -1.12. The minimum Gasteiger partial charge on any atom is -0.396 e. The highest BCUT2D eigenvalue weighted by Crippen LogP contribution is 2.53. The lowest BCUT2D eigenvalue weighted by atomic mass is 9.93. The van der Waals surface area contributed by atoms with Crippen LogP contribution in [0.15, 0.2) is 147 Å². The van der Waals surface area contributed by atoms with Crippen LogP contribution in [0, 0.1) is 20.8 Å². The molecule has 0 aliphatic carbocycles. The number of aryl methyl sites for hydroxylation is 7. The molecule has 21 rings (SSSR count). The van der Waals surface area contributed by atoms with E-state index in [4.69, 9.17) is 115 Å². The van der Waals surface area contributed by atoms with Crippen LogP contribution in [0.3, 0.4) is 0 Å². The number of hydrogen-bond donors (Lipinski definition) is 6. The molecule has 30 nitrogen and oxygen atoms in total. The molecule has 127 heavy (non-hydrogen) atoms. The van der Waals surface area contributed by atoms with Crippen LogP contribution in [-0.4, -0.2) is 206 Å². The first-order valence-corrected chi connectivity index (χ1v) is 44.7. The summed E-state index contributed by atoms with van der Waals surface area (Å²) in [4.78, 5) is 34.5. The maximum absolute atomic E-state index is 11.5. The average Bonchev–Trinajstić information content (AvgIpc) is 1.58. The largest absolute Gasteiger partial charge is 0.396 e. The highest BCUT2D eigenvalue weighted by atomic mass is 35.5. The van der Waals surface area contributed by atoms with Crippen molar-refractivity contribution in [2.75, 3.05) is 26.4 Å².